The van der Waals surface area contributed by atoms with Crippen LogP contribution in [0.2, 0.25) is 5.02 Å². The minimum atomic E-state index is -0.980. The van der Waals surface area contributed by atoms with Crippen molar-refractivity contribution in [1.29, 1.82) is 5.26 Å². The van der Waals surface area contributed by atoms with Crippen LogP contribution in [-0.2, 0) is 9.53 Å². The summed E-state index contributed by atoms with van der Waals surface area (Å²) in [4.78, 5) is 13.0. The number of nitrogens with zero attached hydrogens (tertiary/aromatic N) is 1. The van der Waals surface area contributed by atoms with Gasteiger partial charge < -0.3 is 4.74 Å². The number of carbonyl (C=O) groups excluding carboxylic acids is 1. The molecule has 0 aliphatic heterocycles. The minimum absolute atomic E-state index is 0.00755. The highest BCUT2D eigenvalue weighted by Crippen LogP contribution is 2.30. The van der Waals surface area contributed by atoms with Crippen molar-refractivity contribution in [2.24, 2.45) is 5.92 Å². The first kappa shape index (κ1) is 22.3. The molecule has 0 saturated carbocycles. The maximum Gasteiger partial charge on any atom is 0.315 e. The maximum atomic E-state index is 13.0. The van der Waals surface area contributed by atoms with Gasteiger partial charge in [-0.25, -0.2) is 0 Å². The monoisotopic (exact) mass is 429 g/mol. The molecular formula is C27H24ClNO2. The van der Waals surface area contributed by atoms with Crippen LogP contribution in [-0.4, -0.2) is 5.97 Å². The number of carbonyl (C=O) groups is 1. The first-order valence-corrected chi connectivity index (χ1v) is 10.5. The number of hydrogen-bond donors (Lipinski definition) is 0. The van der Waals surface area contributed by atoms with E-state index in [0.717, 1.165) is 16.7 Å². The van der Waals surface area contributed by atoms with E-state index in [9.17, 15) is 10.1 Å². The summed E-state index contributed by atoms with van der Waals surface area (Å²) in [5.41, 5.74) is 3.47. The molecule has 0 amide bonds. The average molecular weight is 430 g/mol. The molecule has 2 atom stereocenters. The molecule has 0 fully saturated rings. The van der Waals surface area contributed by atoms with Gasteiger partial charge in [0, 0.05) is 10.6 Å². The van der Waals surface area contributed by atoms with Crippen LogP contribution in [0.1, 0.15) is 48.1 Å². The summed E-state index contributed by atoms with van der Waals surface area (Å²) in [6.45, 7) is 3.91. The van der Waals surface area contributed by atoms with Crippen LogP contribution in [0.15, 0.2) is 78.9 Å². The van der Waals surface area contributed by atoms with E-state index in [-0.39, 0.29) is 5.92 Å². The van der Waals surface area contributed by atoms with Crippen LogP contribution in [0, 0.1) is 17.2 Å². The van der Waals surface area contributed by atoms with Gasteiger partial charge in [0.1, 0.15) is 6.07 Å². The molecule has 0 heterocycles. The van der Waals surface area contributed by atoms with Gasteiger partial charge >= 0.3 is 5.97 Å². The van der Waals surface area contributed by atoms with E-state index >= 15 is 0 Å². The van der Waals surface area contributed by atoms with Crippen molar-refractivity contribution >= 4 is 29.7 Å². The Morgan fingerprint density at radius 3 is 2.19 bits per heavy atom. The first-order valence-electron chi connectivity index (χ1n) is 10.2. The summed E-state index contributed by atoms with van der Waals surface area (Å²) in [5.74, 6) is -0.892. The van der Waals surface area contributed by atoms with E-state index in [1.165, 1.54) is 0 Å². The van der Waals surface area contributed by atoms with Crippen molar-refractivity contribution in [3.8, 4) is 6.07 Å². The van der Waals surface area contributed by atoms with Gasteiger partial charge in [-0.05, 0) is 40.8 Å². The zero-order valence-electron chi connectivity index (χ0n) is 17.5. The molecule has 0 radical (unpaired) electrons. The summed E-state index contributed by atoms with van der Waals surface area (Å²) in [5, 5.41) is 10.3. The number of nitriles is 1. The number of esters is 1. The van der Waals surface area contributed by atoms with Gasteiger partial charge in [0.25, 0.3) is 0 Å². The van der Waals surface area contributed by atoms with Crippen molar-refractivity contribution in [2.75, 3.05) is 0 Å². The van der Waals surface area contributed by atoms with Gasteiger partial charge in [-0.2, -0.15) is 5.26 Å². The third-order valence-electron chi connectivity index (χ3n) is 4.98. The molecule has 0 N–H and O–H groups in total. The second-order valence-electron chi connectivity index (χ2n) is 7.63. The Labute approximate surface area is 188 Å². The molecule has 0 bridgehead atoms. The van der Waals surface area contributed by atoms with E-state index < -0.39 is 18.0 Å². The fourth-order valence-corrected chi connectivity index (χ4v) is 3.53. The second kappa shape index (κ2) is 10.6. The molecule has 0 aromatic heterocycles. The Morgan fingerprint density at radius 2 is 1.55 bits per heavy atom. The predicted molar refractivity (Wildman–Crippen MR) is 125 cm³/mol. The number of ether oxygens (including phenoxy) is 1. The molecule has 3 rings (SSSR count). The highest BCUT2D eigenvalue weighted by molar-refractivity contribution is 6.30. The topological polar surface area (TPSA) is 50.1 Å². The lowest BCUT2D eigenvalue weighted by Crippen LogP contribution is -2.22. The van der Waals surface area contributed by atoms with Gasteiger partial charge in [0.2, 0.25) is 6.10 Å². The van der Waals surface area contributed by atoms with Crippen LogP contribution >= 0.6 is 11.6 Å². The summed E-state index contributed by atoms with van der Waals surface area (Å²) in [6.07, 6.45) is 2.99. The second-order valence-corrected chi connectivity index (χ2v) is 8.07. The third-order valence-corrected chi connectivity index (χ3v) is 5.23. The lowest BCUT2D eigenvalue weighted by atomic mass is 9.88. The van der Waals surface area contributed by atoms with Gasteiger partial charge in [0.05, 0.1) is 5.92 Å². The van der Waals surface area contributed by atoms with Gasteiger partial charge in [-0.3, -0.25) is 4.79 Å². The lowest BCUT2D eigenvalue weighted by molar-refractivity contribution is -0.150. The molecule has 0 spiro atoms. The number of halogens is 1. The smallest absolute Gasteiger partial charge is 0.315 e. The SMILES string of the molecule is CC(C)C(C(=O)OC(C#N)c1cccc(C=Cc2ccccc2)c1)c1ccc(Cl)cc1. The van der Waals surface area contributed by atoms with Crippen LogP contribution < -0.4 is 0 Å². The van der Waals surface area contributed by atoms with Crippen LogP contribution in [0.4, 0.5) is 0 Å². The summed E-state index contributed by atoms with van der Waals surface area (Å²) in [7, 11) is 0. The van der Waals surface area contributed by atoms with Crippen LogP contribution in [0.3, 0.4) is 0 Å². The zero-order chi connectivity index (χ0) is 22.2. The minimum Gasteiger partial charge on any atom is -0.441 e. The maximum absolute atomic E-state index is 13.0. The van der Waals surface area contributed by atoms with Gasteiger partial charge in [-0.1, -0.05) is 98.3 Å². The van der Waals surface area contributed by atoms with Crippen LogP contribution in [0.5, 0.6) is 0 Å². The fourth-order valence-electron chi connectivity index (χ4n) is 3.40. The van der Waals surface area contributed by atoms with E-state index in [2.05, 4.69) is 6.07 Å². The Morgan fingerprint density at radius 1 is 0.903 bits per heavy atom. The molecule has 0 aliphatic carbocycles. The van der Waals surface area contributed by atoms with Crippen molar-refractivity contribution in [3.63, 3.8) is 0 Å². The molecule has 0 saturated heterocycles. The third kappa shape index (κ3) is 6.07. The van der Waals surface area contributed by atoms with Crippen molar-refractivity contribution in [1.82, 2.24) is 0 Å². The highest BCUT2D eigenvalue weighted by Gasteiger charge is 2.28. The van der Waals surface area contributed by atoms with E-state index in [0.29, 0.717) is 10.6 Å². The van der Waals surface area contributed by atoms with Crippen LogP contribution in [0.25, 0.3) is 12.2 Å². The molecule has 3 aromatic carbocycles. The van der Waals surface area contributed by atoms with E-state index in [1.807, 2.05) is 86.7 Å². The largest absolute Gasteiger partial charge is 0.441 e. The molecule has 31 heavy (non-hydrogen) atoms. The Balaban J connectivity index is 1.78. The Hall–Kier alpha value is -3.35. The molecule has 4 heteroatoms. The summed E-state index contributed by atoms with van der Waals surface area (Å²) < 4.78 is 5.65. The standard InChI is InChI=1S/C27H24ClNO2/c1-19(2)26(22-13-15-24(28)16-14-22)27(30)31-25(18-29)23-10-6-9-21(17-23)12-11-20-7-4-3-5-8-20/h3-17,19,25-26H,1-2H3. The predicted octanol–water partition coefficient (Wildman–Crippen LogP) is 7.06. The summed E-state index contributed by atoms with van der Waals surface area (Å²) >= 11 is 5.98. The lowest BCUT2D eigenvalue weighted by Gasteiger charge is -2.22. The molecular weight excluding hydrogens is 406 g/mol. The quantitative estimate of drug-likeness (QED) is 0.298. The highest BCUT2D eigenvalue weighted by atomic mass is 35.5. The summed E-state index contributed by atoms with van der Waals surface area (Å²) in [6, 6.07) is 26.7. The van der Waals surface area contributed by atoms with E-state index in [4.69, 9.17) is 16.3 Å². The van der Waals surface area contributed by atoms with Crippen molar-refractivity contribution < 1.29 is 9.53 Å². The average Bonchev–Trinajstić information content (AvgIpc) is 2.78. The molecule has 2 unspecified atom stereocenters. The van der Waals surface area contributed by atoms with Crippen molar-refractivity contribution in [2.45, 2.75) is 25.9 Å². The number of rotatable bonds is 7. The normalized spacial score (nSPS) is 13.0. The van der Waals surface area contributed by atoms with Gasteiger partial charge in [-0.15, -0.1) is 0 Å². The zero-order valence-corrected chi connectivity index (χ0v) is 18.3. The fraction of sp³-hybridized carbons (Fsp3) is 0.185. The van der Waals surface area contributed by atoms with Crippen molar-refractivity contribution in [3.05, 3.63) is 106 Å². The molecule has 3 aromatic rings. The Kier molecular flexibility index (Phi) is 7.65. The Bertz CT molecular complexity index is 1080. The van der Waals surface area contributed by atoms with Gasteiger partial charge in [0.15, 0.2) is 0 Å². The van der Waals surface area contributed by atoms with E-state index in [1.54, 1.807) is 18.2 Å². The number of hydrogen-bond acceptors (Lipinski definition) is 3. The molecule has 3 nitrogen and oxygen atoms in total. The molecule has 0 aliphatic rings. The first-order chi connectivity index (χ1) is 15.0. The molecule has 156 valence electrons. The number of benzene rings is 3.